The van der Waals surface area contributed by atoms with Gasteiger partial charge in [-0.25, -0.2) is 0 Å². The van der Waals surface area contributed by atoms with Crippen LogP contribution in [0.3, 0.4) is 0 Å². The van der Waals surface area contributed by atoms with Gasteiger partial charge in [-0.1, -0.05) is 35.9 Å². The number of rotatable bonds is 4. The molecule has 3 N–H and O–H groups in total. The number of hydrogen-bond acceptors (Lipinski definition) is 3. The molecule has 2 rings (SSSR count). The number of hydrogen-bond donors (Lipinski definition) is 3. The number of phenolic OH excluding ortho intramolecular Hbond substituents is 1. The Morgan fingerprint density at radius 3 is 2.55 bits per heavy atom. The van der Waals surface area contributed by atoms with E-state index in [1.807, 2.05) is 12.1 Å². The lowest BCUT2D eigenvalue weighted by Gasteiger charge is -2.08. The van der Waals surface area contributed by atoms with Gasteiger partial charge < -0.3 is 5.11 Å². The maximum Gasteiger partial charge on any atom is 0.273 e. The number of phenols is 1. The standard InChI is InChI=1S/C16H15ClN2O3/c17-12-5-3-4-11(10-12)8-9-15(21)18-19-16(22)13-6-1-2-7-14(13)20/h1-7,10,20H,8-9H2,(H,18,21)(H,19,22). The summed E-state index contributed by atoms with van der Waals surface area (Å²) < 4.78 is 0. The van der Waals surface area contributed by atoms with Crippen LogP contribution in [0.5, 0.6) is 5.75 Å². The van der Waals surface area contributed by atoms with Crippen LogP contribution in [0.4, 0.5) is 0 Å². The highest BCUT2D eigenvalue weighted by Gasteiger charge is 2.11. The lowest BCUT2D eigenvalue weighted by atomic mass is 10.1. The molecular formula is C16H15ClN2O3. The Morgan fingerprint density at radius 1 is 1.05 bits per heavy atom. The molecule has 0 saturated heterocycles. The molecular weight excluding hydrogens is 304 g/mol. The van der Waals surface area contributed by atoms with Crippen LogP contribution in [0, 0.1) is 0 Å². The van der Waals surface area contributed by atoms with Gasteiger partial charge in [-0.05, 0) is 36.2 Å². The summed E-state index contributed by atoms with van der Waals surface area (Å²) >= 11 is 5.86. The molecule has 0 bridgehead atoms. The van der Waals surface area contributed by atoms with Crippen LogP contribution in [0.25, 0.3) is 0 Å². The van der Waals surface area contributed by atoms with E-state index < -0.39 is 5.91 Å². The molecule has 0 aliphatic carbocycles. The molecule has 0 atom stereocenters. The fourth-order valence-corrected chi connectivity index (χ4v) is 2.09. The molecule has 0 fully saturated rings. The number of carbonyl (C=O) groups is 2. The van der Waals surface area contributed by atoms with Crippen molar-refractivity contribution in [1.29, 1.82) is 0 Å². The Labute approximate surface area is 132 Å². The van der Waals surface area contributed by atoms with Crippen LogP contribution in [0.15, 0.2) is 48.5 Å². The van der Waals surface area contributed by atoms with E-state index in [0.717, 1.165) is 5.56 Å². The number of hydrazine groups is 1. The zero-order valence-corrected chi connectivity index (χ0v) is 12.4. The highest BCUT2D eigenvalue weighted by molar-refractivity contribution is 6.30. The lowest BCUT2D eigenvalue weighted by molar-refractivity contribution is -0.121. The summed E-state index contributed by atoms with van der Waals surface area (Å²) in [6, 6.07) is 13.3. The van der Waals surface area contributed by atoms with Crippen molar-refractivity contribution in [1.82, 2.24) is 10.9 Å². The quantitative estimate of drug-likeness (QED) is 0.758. The van der Waals surface area contributed by atoms with Crippen molar-refractivity contribution in [2.24, 2.45) is 0 Å². The largest absolute Gasteiger partial charge is 0.507 e. The van der Waals surface area contributed by atoms with Crippen molar-refractivity contribution in [2.75, 3.05) is 0 Å². The number of carbonyl (C=O) groups excluding carboxylic acids is 2. The predicted octanol–water partition coefficient (Wildman–Crippen LogP) is 2.44. The Hall–Kier alpha value is -2.53. The monoisotopic (exact) mass is 318 g/mol. The van der Waals surface area contributed by atoms with E-state index >= 15 is 0 Å². The zero-order valence-electron chi connectivity index (χ0n) is 11.7. The number of halogens is 1. The molecule has 0 unspecified atom stereocenters. The van der Waals surface area contributed by atoms with Gasteiger partial charge in [0, 0.05) is 11.4 Å². The summed E-state index contributed by atoms with van der Waals surface area (Å²) in [4.78, 5) is 23.5. The maximum absolute atomic E-state index is 11.8. The minimum absolute atomic E-state index is 0.0950. The van der Waals surface area contributed by atoms with E-state index in [4.69, 9.17) is 11.6 Å². The van der Waals surface area contributed by atoms with Gasteiger partial charge in [0.05, 0.1) is 5.56 Å². The fourth-order valence-electron chi connectivity index (χ4n) is 1.87. The number of benzene rings is 2. The molecule has 2 amide bonds. The molecule has 0 aromatic heterocycles. The Kier molecular flexibility index (Phi) is 5.38. The molecule has 2 aromatic rings. The van der Waals surface area contributed by atoms with Gasteiger partial charge in [0.1, 0.15) is 5.75 Å². The Morgan fingerprint density at radius 2 is 1.82 bits per heavy atom. The number of aryl methyl sites for hydroxylation is 1. The van der Waals surface area contributed by atoms with Gasteiger partial charge in [0.25, 0.3) is 5.91 Å². The van der Waals surface area contributed by atoms with Crippen LogP contribution in [0.2, 0.25) is 5.02 Å². The van der Waals surface area contributed by atoms with Crippen LogP contribution < -0.4 is 10.9 Å². The molecule has 2 aromatic carbocycles. The molecule has 0 radical (unpaired) electrons. The van der Waals surface area contributed by atoms with E-state index in [2.05, 4.69) is 10.9 Å². The normalized spacial score (nSPS) is 10.0. The number of aromatic hydroxyl groups is 1. The second-order valence-electron chi connectivity index (χ2n) is 4.65. The van der Waals surface area contributed by atoms with Crippen LogP contribution >= 0.6 is 11.6 Å². The SMILES string of the molecule is O=C(CCc1cccc(Cl)c1)NNC(=O)c1ccccc1O. The van der Waals surface area contributed by atoms with Crippen molar-refractivity contribution in [3.63, 3.8) is 0 Å². The average Bonchev–Trinajstić information content (AvgIpc) is 2.51. The summed E-state index contributed by atoms with van der Waals surface area (Å²) in [5.41, 5.74) is 5.61. The Bertz CT molecular complexity index is 689. The molecule has 0 aliphatic heterocycles. The molecule has 0 heterocycles. The van der Waals surface area contributed by atoms with Crippen molar-refractivity contribution in [2.45, 2.75) is 12.8 Å². The van der Waals surface area contributed by atoms with E-state index in [0.29, 0.717) is 11.4 Å². The van der Waals surface area contributed by atoms with Crippen molar-refractivity contribution >= 4 is 23.4 Å². The summed E-state index contributed by atoms with van der Waals surface area (Å²) in [7, 11) is 0. The van der Waals surface area contributed by atoms with Gasteiger partial charge in [-0.3, -0.25) is 20.4 Å². The third-order valence-electron chi connectivity index (χ3n) is 2.99. The average molecular weight is 319 g/mol. The third kappa shape index (κ3) is 4.49. The van der Waals surface area contributed by atoms with E-state index in [9.17, 15) is 14.7 Å². The maximum atomic E-state index is 11.8. The molecule has 0 spiro atoms. The third-order valence-corrected chi connectivity index (χ3v) is 3.23. The highest BCUT2D eigenvalue weighted by Crippen LogP contribution is 2.14. The van der Waals surface area contributed by atoms with Gasteiger partial charge >= 0.3 is 0 Å². The number of amides is 2. The molecule has 0 saturated carbocycles. The van der Waals surface area contributed by atoms with Crippen molar-refractivity contribution in [3.8, 4) is 5.75 Å². The predicted molar refractivity (Wildman–Crippen MR) is 83.5 cm³/mol. The van der Waals surface area contributed by atoms with Crippen molar-refractivity contribution in [3.05, 3.63) is 64.7 Å². The van der Waals surface area contributed by atoms with Gasteiger partial charge in [-0.15, -0.1) is 0 Å². The first kappa shape index (κ1) is 15.9. The topological polar surface area (TPSA) is 78.4 Å². The molecule has 114 valence electrons. The van der Waals surface area contributed by atoms with Crippen LogP contribution in [-0.4, -0.2) is 16.9 Å². The Balaban J connectivity index is 1.81. The molecule has 22 heavy (non-hydrogen) atoms. The summed E-state index contributed by atoms with van der Waals surface area (Å²) in [5.74, 6) is -1.05. The first-order valence-electron chi connectivity index (χ1n) is 6.68. The summed E-state index contributed by atoms with van der Waals surface area (Å²) in [6.45, 7) is 0. The second-order valence-corrected chi connectivity index (χ2v) is 5.09. The van der Waals surface area contributed by atoms with E-state index in [-0.39, 0.29) is 23.6 Å². The first-order valence-corrected chi connectivity index (χ1v) is 7.05. The highest BCUT2D eigenvalue weighted by atomic mass is 35.5. The molecule has 0 aliphatic rings. The minimum Gasteiger partial charge on any atom is -0.507 e. The number of para-hydroxylation sites is 1. The van der Waals surface area contributed by atoms with Crippen LogP contribution in [0.1, 0.15) is 22.3 Å². The summed E-state index contributed by atoms with van der Waals surface area (Å²) in [6.07, 6.45) is 0.722. The van der Waals surface area contributed by atoms with E-state index in [1.165, 1.54) is 12.1 Å². The van der Waals surface area contributed by atoms with Crippen LogP contribution in [-0.2, 0) is 11.2 Å². The van der Waals surface area contributed by atoms with Gasteiger partial charge in [0.2, 0.25) is 5.91 Å². The lowest BCUT2D eigenvalue weighted by Crippen LogP contribution is -2.41. The smallest absolute Gasteiger partial charge is 0.273 e. The van der Waals surface area contributed by atoms with E-state index in [1.54, 1.807) is 24.3 Å². The van der Waals surface area contributed by atoms with Crippen molar-refractivity contribution < 1.29 is 14.7 Å². The molecule has 6 heteroatoms. The minimum atomic E-state index is -0.575. The zero-order chi connectivity index (χ0) is 15.9. The summed E-state index contributed by atoms with van der Waals surface area (Å²) in [5, 5.41) is 10.2. The first-order chi connectivity index (χ1) is 10.6. The van der Waals surface area contributed by atoms with Gasteiger partial charge in [-0.2, -0.15) is 0 Å². The molecule has 5 nitrogen and oxygen atoms in total. The van der Waals surface area contributed by atoms with Gasteiger partial charge in [0.15, 0.2) is 0 Å². The number of nitrogens with one attached hydrogen (secondary N) is 2. The fraction of sp³-hybridized carbons (Fsp3) is 0.125. The second kappa shape index (κ2) is 7.47.